The van der Waals surface area contributed by atoms with Crippen molar-refractivity contribution in [3.8, 4) is 0 Å². The van der Waals surface area contributed by atoms with Crippen LogP contribution in [-0.2, 0) is 11.8 Å². The first-order valence-corrected chi connectivity index (χ1v) is 5.70. The lowest BCUT2D eigenvalue weighted by molar-refractivity contribution is 0.189. The van der Waals surface area contributed by atoms with Crippen LogP contribution in [-0.4, -0.2) is 11.2 Å². The zero-order chi connectivity index (χ0) is 11.2. The molecule has 2 rings (SSSR count). The normalized spacial score (nSPS) is 23.8. The van der Waals surface area contributed by atoms with Crippen molar-refractivity contribution in [1.82, 2.24) is 5.16 Å². The summed E-state index contributed by atoms with van der Waals surface area (Å²) < 4.78 is 5.27. The average Bonchev–Trinajstić information content (AvgIpc) is 2.60. The molecule has 1 aromatic rings. The molecule has 0 bridgehead atoms. The predicted molar refractivity (Wildman–Crippen MR) is 59.5 cm³/mol. The molecule has 1 heterocycles. The van der Waals surface area contributed by atoms with Crippen molar-refractivity contribution >= 4 is 0 Å². The van der Waals surface area contributed by atoms with E-state index in [0.29, 0.717) is 11.8 Å². The van der Waals surface area contributed by atoms with Gasteiger partial charge < -0.3 is 10.3 Å². The Hall–Kier alpha value is -0.830. The molecule has 0 aliphatic heterocycles. The molecule has 1 atom stereocenters. The average molecular weight is 208 g/mol. The SMILES string of the molecule is CC(C)C1(C(C)C)c2cnoc2CC1N. The molecule has 0 saturated heterocycles. The van der Waals surface area contributed by atoms with Crippen molar-refractivity contribution in [3.05, 3.63) is 17.5 Å². The Morgan fingerprint density at radius 3 is 2.53 bits per heavy atom. The number of rotatable bonds is 2. The molecule has 1 unspecified atom stereocenters. The van der Waals surface area contributed by atoms with E-state index in [4.69, 9.17) is 10.3 Å². The second kappa shape index (κ2) is 3.34. The quantitative estimate of drug-likeness (QED) is 0.809. The van der Waals surface area contributed by atoms with Crippen molar-refractivity contribution < 1.29 is 4.52 Å². The molecular weight excluding hydrogens is 188 g/mol. The van der Waals surface area contributed by atoms with Crippen LogP contribution >= 0.6 is 0 Å². The third-order valence-electron chi connectivity index (χ3n) is 4.04. The summed E-state index contributed by atoms with van der Waals surface area (Å²) in [7, 11) is 0. The third kappa shape index (κ3) is 1.19. The van der Waals surface area contributed by atoms with Crippen LogP contribution in [0.3, 0.4) is 0 Å². The summed E-state index contributed by atoms with van der Waals surface area (Å²) in [6, 6.07) is 0.161. The molecule has 0 radical (unpaired) electrons. The minimum atomic E-state index is 0.0370. The fourth-order valence-electron chi connectivity index (χ4n) is 3.48. The first-order valence-electron chi connectivity index (χ1n) is 5.70. The van der Waals surface area contributed by atoms with Gasteiger partial charge in [-0.2, -0.15) is 0 Å². The topological polar surface area (TPSA) is 52.0 Å². The maximum Gasteiger partial charge on any atom is 0.142 e. The van der Waals surface area contributed by atoms with Gasteiger partial charge in [0, 0.05) is 23.4 Å². The number of aromatic nitrogens is 1. The van der Waals surface area contributed by atoms with Gasteiger partial charge >= 0.3 is 0 Å². The summed E-state index contributed by atoms with van der Waals surface area (Å²) in [5, 5.41) is 3.91. The minimum Gasteiger partial charge on any atom is -0.361 e. The Morgan fingerprint density at radius 2 is 2.00 bits per heavy atom. The maximum atomic E-state index is 6.32. The highest BCUT2D eigenvalue weighted by molar-refractivity contribution is 5.36. The molecule has 0 fully saturated rings. The first kappa shape index (κ1) is 10.7. The Morgan fingerprint density at radius 1 is 1.40 bits per heavy atom. The van der Waals surface area contributed by atoms with Gasteiger partial charge in [-0.05, 0) is 11.8 Å². The molecule has 2 N–H and O–H groups in total. The number of hydrogen-bond acceptors (Lipinski definition) is 3. The van der Waals surface area contributed by atoms with E-state index in [-0.39, 0.29) is 11.5 Å². The van der Waals surface area contributed by atoms with Crippen LogP contribution in [0.1, 0.15) is 39.0 Å². The van der Waals surface area contributed by atoms with E-state index >= 15 is 0 Å². The Bertz CT molecular complexity index is 346. The molecule has 1 aliphatic carbocycles. The van der Waals surface area contributed by atoms with E-state index < -0.39 is 0 Å². The summed E-state index contributed by atoms with van der Waals surface area (Å²) in [6.45, 7) is 8.95. The largest absolute Gasteiger partial charge is 0.361 e. The molecule has 0 amide bonds. The molecule has 0 spiro atoms. The monoisotopic (exact) mass is 208 g/mol. The highest BCUT2D eigenvalue weighted by Gasteiger charge is 2.51. The van der Waals surface area contributed by atoms with Crippen LogP contribution in [0.25, 0.3) is 0 Å². The summed E-state index contributed by atoms with van der Waals surface area (Å²) in [5.41, 5.74) is 7.60. The minimum absolute atomic E-state index is 0.0370. The molecule has 84 valence electrons. The molecular formula is C12H20N2O. The van der Waals surface area contributed by atoms with Gasteiger partial charge in [0.1, 0.15) is 5.76 Å². The van der Waals surface area contributed by atoms with Gasteiger partial charge in [-0.15, -0.1) is 0 Å². The van der Waals surface area contributed by atoms with Crippen molar-refractivity contribution in [1.29, 1.82) is 0 Å². The number of nitrogens with zero attached hydrogens (tertiary/aromatic N) is 1. The van der Waals surface area contributed by atoms with Gasteiger partial charge in [0.05, 0.1) is 6.20 Å². The Labute approximate surface area is 91.0 Å². The van der Waals surface area contributed by atoms with E-state index in [1.807, 2.05) is 6.20 Å². The molecule has 0 saturated carbocycles. The highest BCUT2D eigenvalue weighted by atomic mass is 16.5. The summed E-state index contributed by atoms with van der Waals surface area (Å²) in [6.07, 6.45) is 2.69. The van der Waals surface area contributed by atoms with Gasteiger partial charge in [0.2, 0.25) is 0 Å². The highest BCUT2D eigenvalue weighted by Crippen LogP contribution is 2.48. The molecule has 15 heavy (non-hydrogen) atoms. The lowest BCUT2D eigenvalue weighted by Gasteiger charge is -2.41. The van der Waals surface area contributed by atoms with Crippen LogP contribution in [0, 0.1) is 11.8 Å². The molecule has 1 aliphatic rings. The molecule has 0 aromatic carbocycles. The number of hydrogen-bond donors (Lipinski definition) is 1. The molecule has 3 heteroatoms. The second-order valence-corrected chi connectivity index (χ2v) is 5.22. The van der Waals surface area contributed by atoms with Crippen molar-refractivity contribution in [2.24, 2.45) is 17.6 Å². The summed E-state index contributed by atoms with van der Waals surface area (Å²) >= 11 is 0. The third-order valence-corrected chi connectivity index (χ3v) is 4.04. The van der Waals surface area contributed by atoms with Crippen LogP contribution in [0.15, 0.2) is 10.7 Å². The van der Waals surface area contributed by atoms with Gasteiger partial charge in [-0.3, -0.25) is 0 Å². The fourth-order valence-corrected chi connectivity index (χ4v) is 3.48. The molecule has 3 nitrogen and oxygen atoms in total. The van der Waals surface area contributed by atoms with Gasteiger partial charge in [-0.25, -0.2) is 0 Å². The lowest BCUT2D eigenvalue weighted by atomic mass is 9.64. The van der Waals surface area contributed by atoms with Gasteiger partial charge in [0.15, 0.2) is 0 Å². The number of fused-ring (bicyclic) bond motifs is 1. The van der Waals surface area contributed by atoms with E-state index in [1.165, 1.54) is 5.56 Å². The Balaban J connectivity index is 2.57. The van der Waals surface area contributed by atoms with Crippen molar-refractivity contribution in [2.45, 2.75) is 45.6 Å². The second-order valence-electron chi connectivity index (χ2n) is 5.22. The summed E-state index contributed by atoms with van der Waals surface area (Å²) in [4.78, 5) is 0. The fraction of sp³-hybridized carbons (Fsp3) is 0.750. The smallest absolute Gasteiger partial charge is 0.142 e. The Kier molecular flexibility index (Phi) is 2.38. The number of nitrogens with two attached hydrogens (primary N) is 1. The van der Waals surface area contributed by atoms with Crippen molar-refractivity contribution in [3.63, 3.8) is 0 Å². The standard InChI is InChI=1S/C12H20N2O/c1-7(2)12(8(3)4)9-6-14-15-10(9)5-11(12)13/h6-8,11H,5,13H2,1-4H3. The van der Waals surface area contributed by atoms with Gasteiger partial charge in [0.25, 0.3) is 0 Å². The van der Waals surface area contributed by atoms with Crippen LogP contribution in [0.4, 0.5) is 0 Å². The van der Waals surface area contributed by atoms with Crippen molar-refractivity contribution in [2.75, 3.05) is 0 Å². The van der Waals surface area contributed by atoms with E-state index in [9.17, 15) is 0 Å². The van der Waals surface area contributed by atoms with E-state index in [0.717, 1.165) is 12.2 Å². The summed E-state index contributed by atoms with van der Waals surface area (Å²) in [5.74, 6) is 2.01. The zero-order valence-electron chi connectivity index (χ0n) is 9.95. The zero-order valence-corrected chi connectivity index (χ0v) is 9.95. The van der Waals surface area contributed by atoms with Crippen LogP contribution < -0.4 is 5.73 Å². The van der Waals surface area contributed by atoms with E-state index in [1.54, 1.807) is 0 Å². The first-order chi connectivity index (χ1) is 7.01. The predicted octanol–water partition coefficient (Wildman–Crippen LogP) is 2.11. The van der Waals surface area contributed by atoms with E-state index in [2.05, 4.69) is 32.9 Å². The molecule has 1 aromatic heterocycles. The lowest BCUT2D eigenvalue weighted by Crippen LogP contribution is -2.50. The van der Waals surface area contributed by atoms with Crippen LogP contribution in [0.2, 0.25) is 0 Å². The maximum absolute atomic E-state index is 6.32. The van der Waals surface area contributed by atoms with Gasteiger partial charge in [-0.1, -0.05) is 32.9 Å². The van der Waals surface area contributed by atoms with Crippen LogP contribution in [0.5, 0.6) is 0 Å².